The Morgan fingerprint density at radius 3 is 2.52 bits per heavy atom. The average Bonchev–Trinajstić information content (AvgIpc) is 2.45. The van der Waals surface area contributed by atoms with Gasteiger partial charge in [0.05, 0.1) is 9.37 Å². The lowest BCUT2D eigenvalue weighted by molar-refractivity contribution is -0.134. The van der Waals surface area contributed by atoms with Gasteiger partial charge in [0, 0.05) is 13.1 Å². The van der Waals surface area contributed by atoms with Gasteiger partial charge in [-0.05, 0) is 53.4 Å². The third-order valence-electron chi connectivity index (χ3n) is 3.29. The second-order valence-electron chi connectivity index (χ2n) is 4.87. The van der Waals surface area contributed by atoms with Gasteiger partial charge < -0.3 is 9.64 Å². The Morgan fingerprint density at radius 2 is 1.95 bits per heavy atom. The first-order valence-corrected chi connectivity index (χ1v) is 8.95. The zero-order chi connectivity index (χ0) is 15.5. The summed E-state index contributed by atoms with van der Waals surface area (Å²) >= 11 is 3.22. The molecule has 2 rings (SSSR count). The van der Waals surface area contributed by atoms with Gasteiger partial charge in [-0.3, -0.25) is 4.79 Å². The van der Waals surface area contributed by atoms with Crippen molar-refractivity contribution in [1.29, 1.82) is 0 Å². The van der Waals surface area contributed by atoms with Crippen molar-refractivity contribution in [2.75, 3.05) is 19.7 Å². The summed E-state index contributed by atoms with van der Waals surface area (Å²) in [5, 5.41) is 5.05. The Balaban J connectivity index is 1.98. The van der Waals surface area contributed by atoms with Crippen molar-refractivity contribution in [1.82, 2.24) is 4.90 Å². The standard InChI is InChI=1S/C13H17BrN2O4S/c14-11-8-10(21(15,18)19)4-5-12(11)20-9-13(17)16-6-2-1-3-7-16/h4-5,8H,1-3,6-7,9H2,(H2,15,18,19). The van der Waals surface area contributed by atoms with Gasteiger partial charge in [0.2, 0.25) is 10.0 Å². The van der Waals surface area contributed by atoms with Crippen LogP contribution in [0.2, 0.25) is 0 Å². The molecule has 1 aromatic carbocycles. The van der Waals surface area contributed by atoms with E-state index >= 15 is 0 Å². The van der Waals surface area contributed by atoms with E-state index in [4.69, 9.17) is 9.88 Å². The molecule has 1 fully saturated rings. The molecule has 1 saturated heterocycles. The molecule has 0 radical (unpaired) electrons. The molecule has 0 aliphatic carbocycles. The van der Waals surface area contributed by atoms with Crippen LogP contribution in [0.3, 0.4) is 0 Å². The summed E-state index contributed by atoms with van der Waals surface area (Å²) in [5.74, 6) is 0.352. The van der Waals surface area contributed by atoms with Crippen LogP contribution in [-0.4, -0.2) is 38.9 Å². The number of carbonyl (C=O) groups is 1. The topological polar surface area (TPSA) is 89.7 Å². The molecule has 1 aliphatic heterocycles. The first kappa shape index (κ1) is 16.3. The first-order chi connectivity index (χ1) is 9.88. The van der Waals surface area contributed by atoms with Gasteiger partial charge >= 0.3 is 0 Å². The number of hydrogen-bond acceptors (Lipinski definition) is 4. The lowest BCUT2D eigenvalue weighted by Gasteiger charge is -2.26. The molecule has 0 unspecified atom stereocenters. The Hall–Kier alpha value is -1.12. The fraction of sp³-hybridized carbons (Fsp3) is 0.462. The summed E-state index contributed by atoms with van der Waals surface area (Å²) in [6, 6.07) is 4.18. The highest BCUT2D eigenvalue weighted by Crippen LogP contribution is 2.27. The van der Waals surface area contributed by atoms with Gasteiger partial charge in [-0.2, -0.15) is 0 Å². The zero-order valence-corrected chi connectivity index (χ0v) is 13.8. The van der Waals surface area contributed by atoms with Crippen molar-refractivity contribution >= 4 is 31.9 Å². The second kappa shape index (κ2) is 6.76. The Bertz CT molecular complexity index is 627. The number of benzene rings is 1. The van der Waals surface area contributed by atoms with Crippen molar-refractivity contribution in [2.24, 2.45) is 5.14 Å². The number of amides is 1. The minimum atomic E-state index is -3.75. The van der Waals surface area contributed by atoms with Crippen LogP contribution in [0.1, 0.15) is 19.3 Å². The van der Waals surface area contributed by atoms with E-state index < -0.39 is 10.0 Å². The van der Waals surface area contributed by atoms with Crippen molar-refractivity contribution < 1.29 is 17.9 Å². The normalized spacial score (nSPS) is 15.8. The molecule has 1 aliphatic rings. The minimum Gasteiger partial charge on any atom is -0.483 e. The lowest BCUT2D eigenvalue weighted by atomic mass is 10.1. The Kier molecular flexibility index (Phi) is 5.23. The van der Waals surface area contributed by atoms with Crippen LogP contribution in [-0.2, 0) is 14.8 Å². The van der Waals surface area contributed by atoms with Gasteiger partial charge in [-0.15, -0.1) is 0 Å². The predicted molar refractivity (Wildman–Crippen MR) is 81.4 cm³/mol. The molecule has 6 nitrogen and oxygen atoms in total. The molecule has 8 heteroatoms. The predicted octanol–water partition coefficient (Wildman–Crippen LogP) is 1.49. The maximum Gasteiger partial charge on any atom is 0.260 e. The fourth-order valence-electron chi connectivity index (χ4n) is 2.15. The number of sulfonamides is 1. The highest BCUT2D eigenvalue weighted by molar-refractivity contribution is 9.10. The minimum absolute atomic E-state index is 0.0101. The quantitative estimate of drug-likeness (QED) is 0.861. The SMILES string of the molecule is NS(=O)(=O)c1ccc(OCC(=O)N2CCCCC2)c(Br)c1. The van der Waals surface area contributed by atoms with E-state index in [1.807, 2.05) is 0 Å². The summed E-state index contributed by atoms with van der Waals surface area (Å²) in [4.78, 5) is 13.8. The fourth-order valence-corrected chi connectivity index (χ4v) is 3.33. The molecule has 0 atom stereocenters. The number of likely N-dealkylation sites (tertiary alicyclic amines) is 1. The van der Waals surface area contributed by atoms with Gasteiger partial charge in [0.25, 0.3) is 5.91 Å². The van der Waals surface area contributed by atoms with E-state index in [1.165, 1.54) is 18.2 Å². The van der Waals surface area contributed by atoms with Crippen molar-refractivity contribution in [3.63, 3.8) is 0 Å². The van der Waals surface area contributed by atoms with Crippen molar-refractivity contribution in [3.05, 3.63) is 22.7 Å². The Labute approximate surface area is 132 Å². The van der Waals surface area contributed by atoms with Crippen LogP contribution in [0.25, 0.3) is 0 Å². The number of piperidine rings is 1. The number of rotatable bonds is 4. The van der Waals surface area contributed by atoms with E-state index in [0.29, 0.717) is 10.2 Å². The van der Waals surface area contributed by atoms with Crippen molar-refractivity contribution in [3.8, 4) is 5.75 Å². The van der Waals surface area contributed by atoms with Crippen LogP contribution < -0.4 is 9.88 Å². The maximum atomic E-state index is 12.0. The smallest absolute Gasteiger partial charge is 0.260 e. The molecule has 1 amide bonds. The average molecular weight is 377 g/mol. The number of nitrogens with zero attached hydrogens (tertiary/aromatic N) is 1. The number of halogens is 1. The number of primary sulfonamides is 1. The number of carbonyl (C=O) groups excluding carboxylic acids is 1. The molecule has 116 valence electrons. The third-order valence-corrected chi connectivity index (χ3v) is 4.82. The summed E-state index contributed by atoms with van der Waals surface area (Å²) in [7, 11) is -3.75. The van der Waals surface area contributed by atoms with Gasteiger partial charge in [0.1, 0.15) is 5.75 Å². The molecule has 2 N–H and O–H groups in total. The maximum absolute atomic E-state index is 12.0. The largest absolute Gasteiger partial charge is 0.483 e. The molecule has 21 heavy (non-hydrogen) atoms. The molecule has 0 bridgehead atoms. The summed E-state index contributed by atoms with van der Waals surface area (Å²) < 4.78 is 28.3. The van der Waals surface area contributed by atoms with E-state index in [2.05, 4.69) is 15.9 Å². The number of nitrogens with two attached hydrogens (primary N) is 1. The lowest BCUT2D eigenvalue weighted by Crippen LogP contribution is -2.38. The molecular formula is C13H17BrN2O4S. The molecular weight excluding hydrogens is 360 g/mol. The van der Waals surface area contributed by atoms with Crippen LogP contribution in [0.4, 0.5) is 0 Å². The summed E-state index contributed by atoms with van der Waals surface area (Å²) in [5.41, 5.74) is 0. The van der Waals surface area contributed by atoms with Crippen LogP contribution in [0.15, 0.2) is 27.6 Å². The number of hydrogen-bond donors (Lipinski definition) is 1. The molecule has 0 spiro atoms. The number of ether oxygens (including phenoxy) is 1. The molecule has 1 heterocycles. The van der Waals surface area contributed by atoms with Crippen LogP contribution in [0, 0.1) is 0 Å². The van der Waals surface area contributed by atoms with Crippen LogP contribution >= 0.6 is 15.9 Å². The van der Waals surface area contributed by atoms with Crippen LogP contribution in [0.5, 0.6) is 5.75 Å². The second-order valence-corrected chi connectivity index (χ2v) is 7.28. The zero-order valence-electron chi connectivity index (χ0n) is 11.4. The monoisotopic (exact) mass is 376 g/mol. The summed E-state index contributed by atoms with van der Waals surface area (Å²) in [6.45, 7) is 1.48. The first-order valence-electron chi connectivity index (χ1n) is 6.61. The van der Waals surface area contributed by atoms with Gasteiger partial charge in [-0.1, -0.05) is 0 Å². The molecule has 0 aromatic heterocycles. The van der Waals surface area contributed by atoms with E-state index in [1.54, 1.807) is 4.90 Å². The van der Waals surface area contributed by atoms with Gasteiger partial charge in [0.15, 0.2) is 6.61 Å². The van der Waals surface area contributed by atoms with E-state index in [-0.39, 0.29) is 17.4 Å². The Morgan fingerprint density at radius 1 is 1.29 bits per heavy atom. The molecule has 1 aromatic rings. The molecule has 0 saturated carbocycles. The summed E-state index contributed by atoms with van der Waals surface area (Å²) in [6.07, 6.45) is 3.21. The van der Waals surface area contributed by atoms with E-state index in [0.717, 1.165) is 32.4 Å². The van der Waals surface area contributed by atoms with E-state index in [9.17, 15) is 13.2 Å². The highest BCUT2D eigenvalue weighted by Gasteiger charge is 2.17. The van der Waals surface area contributed by atoms with Crippen molar-refractivity contribution in [2.45, 2.75) is 24.2 Å². The van der Waals surface area contributed by atoms with Gasteiger partial charge in [-0.25, -0.2) is 13.6 Å². The highest BCUT2D eigenvalue weighted by atomic mass is 79.9. The third kappa shape index (κ3) is 4.42.